The summed E-state index contributed by atoms with van der Waals surface area (Å²) >= 11 is 0. The number of amides is 1. The Kier molecular flexibility index (Phi) is 7.01. The van der Waals surface area contributed by atoms with E-state index in [0.29, 0.717) is 18.2 Å². The third kappa shape index (κ3) is 7.15. The summed E-state index contributed by atoms with van der Waals surface area (Å²) in [5, 5.41) is 2.64. The van der Waals surface area contributed by atoms with Gasteiger partial charge in [0.2, 0.25) is 5.91 Å². The quantitative estimate of drug-likeness (QED) is 0.619. The predicted molar refractivity (Wildman–Crippen MR) is 81.2 cm³/mol. The van der Waals surface area contributed by atoms with Crippen LogP contribution < -0.4 is 10.1 Å². The fraction of sp³-hybridized carbons (Fsp3) is 0.375. The highest BCUT2D eigenvalue weighted by molar-refractivity contribution is 6.02. The molecule has 1 N–H and O–H groups in total. The molecule has 0 unspecified atom stereocenters. The van der Waals surface area contributed by atoms with E-state index in [9.17, 15) is 9.59 Å². The van der Waals surface area contributed by atoms with Crippen molar-refractivity contribution in [1.82, 2.24) is 0 Å². The van der Waals surface area contributed by atoms with E-state index in [1.807, 2.05) is 0 Å². The smallest absolute Gasteiger partial charge is 0.330 e. The lowest BCUT2D eigenvalue weighted by atomic mass is 10.2. The Morgan fingerprint density at radius 1 is 1.19 bits per heavy atom. The minimum absolute atomic E-state index is 0.280. The van der Waals surface area contributed by atoms with E-state index in [-0.39, 0.29) is 12.5 Å². The molecule has 0 aliphatic carbocycles. The molecule has 1 aromatic rings. The normalized spacial score (nSPS) is 10.7. The molecule has 0 aliphatic heterocycles. The Morgan fingerprint density at radius 3 is 2.43 bits per heavy atom. The van der Waals surface area contributed by atoms with Gasteiger partial charge in [0.05, 0.1) is 13.2 Å². The zero-order chi connectivity index (χ0) is 15.7. The second-order valence-corrected chi connectivity index (χ2v) is 4.80. The maximum Gasteiger partial charge on any atom is 0.330 e. The lowest BCUT2D eigenvalue weighted by molar-refractivity contribution is -0.137. The zero-order valence-electron chi connectivity index (χ0n) is 12.6. The zero-order valence-corrected chi connectivity index (χ0v) is 12.6. The lowest BCUT2D eigenvalue weighted by Gasteiger charge is -2.09. The van der Waals surface area contributed by atoms with Gasteiger partial charge in [0, 0.05) is 17.8 Å². The van der Waals surface area contributed by atoms with E-state index >= 15 is 0 Å². The Hall–Kier alpha value is -2.30. The molecule has 0 saturated carbocycles. The molecule has 0 aromatic heterocycles. The first-order chi connectivity index (χ1) is 10.0. The van der Waals surface area contributed by atoms with Gasteiger partial charge in [0.1, 0.15) is 5.75 Å². The number of benzene rings is 1. The molecular formula is C16H21NO4. The average Bonchev–Trinajstić information content (AvgIpc) is 2.45. The number of rotatable bonds is 7. The highest BCUT2D eigenvalue weighted by Crippen LogP contribution is 2.16. The Labute approximate surface area is 124 Å². The summed E-state index contributed by atoms with van der Waals surface area (Å²) < 4.78 is 10.2. The SMILES string of the molecule is CCOC(=O)C=CC(=O)Nc1ccc(OCC(C)C)cc1. The van der Waals surface area contributed by atoms with Crippen LogP contribution in [0.15, 0.2) is 36.4 Å². The summed E-state index contributed by atoms with van der Waals surface area (Å²) in [6, 6.07) is 7.05. The van der Waals surface area contributed by atoms with Crippen LogP contribution in [0.25, 0.3) is 0 Å². The molecule has 5 heteroatoms. The number of esters is 1. The van der Waals surface area contributed by atoms with Crippen LogP contribution in [0.5, 0.6) is 5.75 Å². The van der Waals surface area contributed by atoms with Crippen molar-refractivity contribution in [2.45, 2.75) is 20.8 Å². The van der Waals surface area contributed by atoms with E-state index in [1.165, 1.54) is 0 Å². The van der Waals surface area contributed by atoms with Crippen LogP contribution in [-0.4, -0.2) is 25.1 Å². The fourth-order valence-corrected chi connectivity index (χ4v) is 1.42. The van der Waals surface area contributed by atoms with Crippen molar-refractivity contribution < 1.29 is 19.1 Å². The number of hydrogen-bond donors (Lipinski definition) is 1. The largest absolute Gasteiger partial charge is 0.493 e. The van der Waals surface area contributed by atoms with E-state index < -0.39 is 5.97 Å². The van der Waals surface area contributed by atoms with E-state index in [0.717, 1.165) is 17.9 Å². The average molecular weight is 291 g/mol. The van der Waals surface area contributed by atoms with Crippen LogP contribution in [0.1, 0.15) is 20.8 Å². The standard InChI is InChI=1S/C16H21NO4/c1-4-20-16(19)10-9-15(18)17-13-5-7-14(8-6-13)21-11-12(2)3/h5-10,12H,4,11H2,1-3H3,(H,17,18). The van der Waals surface area contributed by atoms with Crippen molar-refractivity contribution >= 4 is 17.6 Å². The molecule has 0 aliphatic rings. The molecular weight excluding hydrogens is 270 g/mol. The maximum absolute atomic E-state index is 11.6. The molecule has 1 rings (SSSR count). The summed E-state index contributed by atoms with van der Waals surface area (Å²) in [6.07, 6.45) is 2.24. The molecule has 0 bridgehead atoms. The Morgan fingerprint density at radius 2 is 1.86 bits per heavy atom. The van der Waals surface area contributed by atoms with Crippen molar-refractivity contribution in [1.29, 1.82) is 0 Å². The van der Waals surface area contributed by atoms with Crippen molar-refractivity contribution in [2.24, 2.45) is 5.92 Å². The van der Waals surface area contributed by atoms with Crippen LogP contribution in [0.2, 0.25) is 0 Å². The number of nitrogens with one attached hydrogen (secondary N) is 1. The van der Waals surface area contributed by atoms with Crippen LogP contribution in [0.3, 0.4) is 0 Å². The number of carbonyl (C=O) groups excluding carboxylic acids is 2. The first-order valence-electron chi connectivity index (χ1n) is 6.90. The van der Waals surface area contributed by atoms with Gasteiger partial charge >= 0.3 is 5.97 Å². The highest BCUT2D eigenvalue weighted by Gasteiger charge is 2.01. The number of ether oxygens (including phenoxy) is 2. The van der Waals surface area contributed by atoms with Gasteiger partial charge in [-0.05, 0) is 37.1 Å². The van der Waals surface area contributed by atoms with Crippen molar-refractivity contribution in [3.63, 3.8) is 0 Å². The topological polar surface area (TPSA) is 64.6 Å². The maximum atomic E-state index is 11.6. The van der Waals surface area contributed by atoms with Crippen molar-refractivity contribution in [2.75, 3.05) is 18.5 Å². The van der Waals surface area contributed by atoms with Crippen LogP contribution in [-0.2, 0) is 14.3 Å². The summed E-state index contributed by atoms with van der Waals surface area (Å²) in [7, 11) is 0. The van der Waals surface area contributed by atoms with E-state index in [4.69, 9.17) is 4.74 Å². The third-order valence-electron chi connectivity index (χ3n) is 2.36. The second-order valence-electron chi connectivity index (χ2n) is 4.80. The molecule has 0 saturated heterocycles. The first kappa shape index (κ1) is 16.8. The summed E-state index contributed by atoms with van der Waals surface area (Å²) in [4.78, 5) is 22.7. The molecule has 21 heavy (non-hydrogen) atoms. The third-order valence-corrected chi connectivity index (χ3v) is 2.36. The summed E-state index contributed by atoms with van der Waals surface area (Å²) in [5.41, 5.74) is 0.630. The van der Waals surface area contributed by atoms with E-state index in [1.54, 1.807) is 31.2 Å². The minimum atomic E-state index is -0.537. The van der Waals surface area contributed by atoms with Gasteiger partial charge in [-0.2, -0.15) is 0 Å². The molecule has 1 aromatic carbocycles. The minimum Gasteiger partial charge on any atom is -0.493 e. The lowest BCUT2D eigenvalue weighted by Crippen LogP contribution is -2.09. The molecule has 1 amide bonds. The summed E-state index contributed by atoms with van der Waals surface area (Å²) in [6.45, 7) is 6.78. The van der Waals surface area contributed by atoms with Gasteiger partial charge in [0.25, 0.3) is 0 Å². The van der Waals surface area contributed by atoms with Gasteiger partial charge in [-0.3, -0.25) is 4.79 Å². The highest BCUT2D eigenvalue weighted by atomic mass is 16.5. The summed E-state index contributed by atoms with van der Waals surface area (Å²) in [5.74, 6) is 0.283. The second kappa shape index (κ2) is 8.79. The van der Waals surface area contributed by atoms with Crippen LogP contribution >= 0.6 is 0 Å². The predicted octanol–water partition coefficient (Wildman–Crippen LogP) is 2.78. The molecule has 0 fully saturated rings. The van der Waals surface area contributed by atoms with E-state index in [2.05, 4.69) is 23.9 Å². The van der Waals surface area contributed by atoms with Crippen LogP contribution in [0, 0.1) is 5.92 Å². The Bertz CT molecular complexity index is 492. The molecule has 114 valence electrons. The monoisotopic (exact) mass is 291 g/mol. The fourth-order valence-electron chi connectivity index (χ4n) is 1.42. The number of hydrogen-bond acceptors (Lipinski definition) is 4. The van der Waals surface area contributed by atoms with Gasteiger partial charge in [-0.25, -0.2) is 4.79 Å². The molecule has 0 radical (unpaired) electrons. The number of anilines is 1. The van der Waals surface area contributed by atoms with Gasteiger partial charge < -0.3 is 14.8 Å². The number of carbonyl (C=O) groups is 2. The molecule has 0 spiro atoms. The van der Waals surface area contributed by atoms with Crippen molar-refractivity contribution in [3.8, 4) is 5.75 Å². The molecule has 5 nitrogen and oxygen atoms in total. The van der Waals surface area contributed by atoms with Gasteiger partial charge in [-0.1, -0.05) is 13.8 Å². The molecule has 0 atom stereocenters. The van der Waals surface area contributed by atoms with Gasteiger partial charge in [0.15, 0.2) is 0 Å². The first-order valence-corrected chi connectivity index (χ1v) is 6.90. The Balaban J connectivity index is 2.48. The van der Waals surface area contributed by atoms with Crippen molar-refractivity contribution in [3.05, 3.63) is 36.4 Å². The molecule has 0 heterocycles. The van der Waals surface area contributed by atoms with Gasteiger partial charge in [-0.15, -0.1) is 0 Å². The van der Waals surface area contributed by atoms with Crippen LogP contribution in [0.4, 0.5) is 5.69 Å².